The van der Waals surface area contributed by atoms with Gasteiger partial charge in [0.05, 0.1) is 4.47 Å². The first-order chi connectivity index (χ1) is 5.61. The molecule has 64 valence electrons. The van der Waals surface area contributed by atoms with Crippen molar-refractivity contribution in [1.29, 1.82) is 0 Å². The molecule has 0 aliphatic carbocycles. The first-order valence-corrected chi connectivity index (χ1v) is 4.04. The second-order valence-corrected chi connectivity index (χ2v) is 3.08. The van der Waals surface area contributed by atoms with Gasteiger partial charge in [0, 0.05) is 19.3 Å². The van der Waals surface area contributed by atoms with Gasteiger partial charge >= 0.3 is 0 Å². The van der Waals surface area contributed by atoms with Crippen molar-refractivity contribution >= 4 is 27.5 Å². The van der Waals surface area contributed by atoms with Crippen LogP contribution in [0, 0.1) is 0 Å². The highest BCUT2D eigenvalue weighted by atomic mass is 79.9. The van der Waals surface area contributed by atoms with Gasteiger partial charge in [-0.2, -0.15) is 0 Å². The normalized spacial score (nSPS) is 9.50. The van der Waals surface area contributed by atoms with Crippen molar-refractivity contribution in [2.24, 2.45) is 0 Å². The van der Waals surface area contributed by atoms with Crippen molar-refractivity contribution < 1.29 is 4.79 Å². The lowest BCUT2D eigenvalue weighted by Crippen LogP contribution is -2.15. The van der Waals surface area contributed by atoms with Gasteiger partial charge in [-0.15, -0.1) is 0 Å². The number of carbonyl (C=O) groups excluding carboxylic acids is 1. The van der Waals surface area contributed by atoms with Crippen LogP contribution in [0.15, 0.2) is 21.7 Å². The molecule has 1 aromatic rings. The highest BCUT2D eigenvalue weighted by Gasteiger charge is 2.02. The van der Waals surface area contributed by atoms with Crippen LogP contribution in [0.2, 0.25) is 0 Å². The minimum absolute atomic E-state index is 0.232. The van der Waals surface area contributed by atoms with Crippen LogP contribution in [0.4, 0.5) is 5.69 Å². The molecule has 2 N–H and O–H groups in total. The van der Waals surface area contributed by atoms with Crippen molar-refractivity contribution in [3.05, 3.63) is 27.1 Å². The molecule has 12 heavy (non-hydrogen) atoms. The molecule has 0 aliphatic heterocycles. The number of nitrogens with one attached hydrogen (secondary N) is 2. The summed E-state index contributed by atoms with van der Waals surface area (Å²) >= 11 is 3.04. The summed E-state index contributed by atoms with van der Waals surface area (Å²) in [5.41, 5.74) is 0.0147. The molecule has 0 radical (unpaired) electrons. The van der Waals surface area contributed by atoms with Gasteiger partial charge in [-0.1, -0.05) is 0 Å². The number of H-pyrrole nitrogens is 1. The number of amides is 1. The minimum Gasteiger partial charge on any atom is -0.365 e. The van der Waals surface area contributed by atoms with Crippen LogP contribution in [0.25, 0.3) is 0 Å². The Morgan fingerprint density at radius 2 is 2.25 bits per heavy atom. The SMILES string of the molecule is CC(=O)Nc1c[nH]cc(Br)c1=O. The Labute approximate surface area is 77.1 Å². The van der Waals surface area contributed by atoms with E-state index in [0.29, 0.717) is 4.47 Å². The Morgan fingerprint density at radius 3 is 2.83 bits per heavy atom. The molecule has 1 amide bonds. The first-order valence-electron chi connectivity index (χ1n) is 3.25. The zero-order valence-electron chi connectivity index (χ0n) is 6.35. The number of hydrogen-bond donors (Lipinski definition) is 2. The van der Waals surface area contributed by atoms with Gasteiger partial charge in [-0.3, -0.25) is 9.59 Å². The molecule has 0 fully saturated rings. The number of carbonyl (C=O) groups is 1. The van der Waals surface area contributed by atoms with Crippen molar-refractivity contribution in [1.82, 2.24) is 4.98 Å². The Hall–Kier alpha value is -1.10. The largest absolute Gasteiger partial charge is 0.365 e. The summed E-state index contributed by atoms with van der Waals surface area (Å²) in [6.07, 6.45) is 2.95. The van der Waals surface area contributed by atoms with Gasteiger partial charge in [0.15, 0.2) is 0 Å². The molecule has 0 aromatic carbocycles. The number of aromatic amines is 1. The molecule has 0 atom stereocenters. The molecule has 1 rings (SSSR count). The van der Waals surface area contributed by atoms with Crippen molar-refractivity contribution in [2.45, 2.75) is 6.92 Å². The molecule has 0 saturated carbocycles. The number of halogens is 1. The lowest BCUT2D eigenvalue weighted by molar-refractivity contribution is -0.114. The quantitative estimate of drug-likeness (QED) is 0.759. The monoisotopic (exact) mass is 230 g/mol. The van der Waals surface area contributed by atoms with E-state index in [9.17, 15) is 9.59 Å². The molecule has 1 heterocycles. The number of aromatic nitrogens is 1. The summed E-state index contributed by atoms with van der Waals surface area (Å²) in [5.74, 6) is -0.265. The van der Waals surface area contributed by atoms with Gasteiger partial charge in [0.25, 0.3) is 0 Å². The van der Waals surface area contributed by atoms with Crippen molar-refractivity contribution in [2.75, 3.05) is 5.32 Å². The first kappa shape index (κ1) is 8.99. The van der Waals surface area contributed by atoms with E-state index < -0.39 is 0 Å². The van der Waals surface area contributed by atoms with Crippen LogP contribution in [0.3, 0.4) is 0 Å². The fourth-order valence-electron chi connectivity index (χ4n) is 0.740. The third kappa shape index (κ3) is 1.94. The van der Waals surface area contributed by atoms with Crippen LogP contribution in [0.1, 0.15) is 6.92 Å². The highest BCUT2D eigenvalue weighted by Crippen LogP contribution is 2.04. The standard InChI is InChI=1S/C7H7BrN2O2/c1-4(11)10-6-3-9-2-5(8)7(6)12/h2-3H,1H3,(H,9,12)(H,10,11). The van der Waals surface area contributed by atoms with Crippen LogP contribution >= 0.6 is 15.9 Å². The lowest BCUT2D eigenvalue weighted by atomic mass is 10.4. The molecule has 0 saturated heterocycles. The zero-order valence-corrected chi connectivity index (χ0v) is 7.94. The van der Waals surface area contributed by atoms with E-state index in [1.165, 1.54) is 19.3 Å². The van der Waals surface area contributed by atoms with Crippen LogP contribution < -0.4 is 10.7 Å². The molecular formula is C7H7BrN2O2. The summed E-state index contributed by atoms with van der Waals surface area (Å²) < 4.78 is 0.397. The maximum absolute atomic E-state index is 11.2. The summed E-state index contributed by atoms with van der Waals surface area (Å²) in [7, 11) is 0. The number of rotatable bonds is 1. The van der Waals surface area contributed by atoms with Crippen molar-refractivity contribution in [3.63, 3.8) is 0 Å². The maximum atomic E-state index is 11.2. The molecule has 0 spiro atoms. The van der Waals surface area contributed by atoms with E-state index >= 15 is 0 Å². The Bertz CT molecular complexity index is 359. The fraction of sp³-hybridized carbons (Fsp3) is 0.143. The lowest BCUT2D eigenvalue weighted by Gasteiger charge is -1.99. The molecule has 0 unspecified atom stereocenters. The highest BCUT2D eigenvalue weighted by molar-refractivity contribution is 9.10. The second-order valence-electron chi connectivity index (χ2n) is 2.23. The Kier molecular flexibility index (Phi) is 2.65. The average Bonchev–Trinajstić information content (AvgIpc) is 1.98. The van der Waals surface area contributed by atoms with Crippen LogP contribution in [0.5, 0.6) is 0 Å². The molecule has 0 bridgehead atoms. The van der Waals surface area contributed by atoms with Crippen molar-refractivity contribution in [3.8, 4) is 0 Å². The van der Waals surface area contributed by atoms with Crippen LogP contribution in [-0.4, -0.2) is 10.9 Å². The smallest absolute Gasteiger partial charge is 0.221 e. The fourth-order valence-corrected chi connectivity index (χ4v) is 1.09. The van der Waals surface area contributed by atoms with Gasteiger partial charge in [-0.25, -0.2) is 0 Å². The van der Waals surface area contributed by atoms with Gasteiger partial charge in [-0.05, 0) is 15.9 Å². The predicted octanol–water partition coefficient (Wildman–Crippen LogP) is 1.10. The van der Waals surface area contributed by atoms with E-state index in [2.05, 4.69) is 26.2 Å². The molecule has 5 heteroatoms. The van der Waals surface area contributed by atoms with E-state index in [4.69, 9.17) is 0 Å². The van der Waals surface area contributed by atoms with E-state index in [1.54, 1.807) is 0 Å². The summed E-state index contributed by atoms with van der Waals surface area (Å²) in [6.45, 7) is 1.35. The molecule has 1 aromatic heterocycles. The van der Waals surface area contributed by atoms with E-state index in [1.807, 2.05) is 0 Å². The van der Waals surface area contributed by atoms with Gasteiger partial charge < -0.3 is 10.3 Å². The second kappa shape index (κ2) is 3.53. The average molecular weight is 231 g/mol. The third-order valence-corrected chi connectivity index (χ3v) is 1.80. The van der Waals surface area contributed by atoms with E-state index in [0.717, 1.165) is 0 Å². The Morgan fingerprint density at radius 1 is 1.58 bits per heavy atom. The van der Waals surface area contributed by atoms with Crippen LogP contribution in [-0.2, 0) is 4.79 Å². The van der Waals surface area contributed by atoms with Gasteiger partial charge in [0.1, 0.15) is 5.69 Å². The summed E-state index contributed by atoms with van der Waals surface area (Å²) in [4.78, 5) is 24.5. The summed E-state index contributed by atoms with van der Waals surface area (Å²) in [5, 5.41) is 2.40. The predicted molar refractivity (Wildman–Crippen MR) is 49.1 cm³/mol. The number of pyridine rings is 1. The maximum Gasteiger partial charge on any atom is 0.221 e. The molecule has 4 nitrogen and oxygen atoms in total. The minimum atomic E-state index is -0.265. The molecular weight excluding hydrogens is 224 g/mol. The molecule has 0 aliphatic rings. The third-order valence-electron chi connectivity index (χ3n) is 1.21. The number of hydrogen-bond acceptors (Lipinski definition) is 2. The van der Waals surface area contributed by atoms with E-state index in [-0.39, 0.29) is 17.0 Å². The van der Waals surface area contributed by atoms with Gasteiger partial charge in [0.2, 0.25) is 11.3 Å². The topological polar surface area (TPSA) is 62.0 Å². The zero-order chi connectivity index (χ0) is 9.14. The Balaban J connectivity index is 3.09. The summed E-state index contributed by atoms with van der Waals surface area (Å²) in [6, 6.07) is 0. The number of anilines is 1.